The summed E-state index contributed by atoms with van der Waals surface area (Å²) in [5, 5.41) is 1.83. The second-order valence-electron chi connectivity index (χ2n) is 8.19. The lowest BCUT2D eigenvalue weighted by atomic mass is 9.91. The molecule has 0 spiro atoms. The van der Waals surface area contributed by atoms with E-state index >= 15 is 0 Å². The van der Waals surface area contributed by atoms with Crippen LogP contribution in [-0.4, -0.2) is 49.0 Å². The Morgan fingerprint density at radius 3 is 2.86 bits per heavy atom. The van der Waals surface area contributed by atoms with E-state index in [-0.39, 0.29) is 5.91 Å². The molecular weight excluding hydrogens is 384 g/mol. The van der Waals surface area contributed by atoms with Crippen LogP contribution < -0.4 is 10.6 Å². The van der Waals surface area contributed by atoms with Crippen LogP contribution in [0.3, 0.4) is 0 Å². The standard InChI is InChI=1S/C23H27ClN4O/c1-27(2)13-15-10-18-19(24)7-5-9-22(18)28(14-15)23(29)20(25)11-16-12-26-21-8-4-3-6-17(16)21/h3-9,12,15,20,26H,10-11,13-14,25H2,1-2H3/t15-,20+/m0/s1. The first-order valence-electron chi connectivity index (χ1n) is 9.98. The number of halogens is 1. The number of para-hydroxylation sites is 1. The van der Waals surface area contributed by atoms with E-state index < -0.39 is 6.04 Å². The summed E-state index contributed by atoms with van der Waals surface area (Å²) in [4.78, 5) is 20.7. The van der Waals surface area contributed by atoms with Crippen molar-refractivity contribution in [1.29, 1.82) is 0 Å². The topological polar surface area (TPSA) is 65.4 Å². The van der Waals surface area contributed by atoms with Crippen LogP contribution in [0.5, 0.6) is 0 Å². The van der Waals surface area contributed by atoms with Gasteiger partial charge in [0.05, 0.1) is 6.04 Å². The fourth-order valence-electron chi connectivity index (χ4n) is 4.38. The molecule has 0 saturated heterocycles. The molecule has 1 aliphatic heterocycles. The first-order chi connectivity index (χ1) is 13.9. The molecule has 0 saturated carbocycles. The van der Waals surface area contributed by atoms with Gasteiger partial charge in [-0.3, -0.25) is 4.79 Å². The normalized spacial score (nSPS) is 17.6. The van der Waals surface area contributed by atoms with E-state index in [4.69, 9.17) is 17.3 Å². The van der Waals surface area contributed by atoms with Crippen molar-refractivity contribution in [3.8, 4) is 0 Å². The van der Waals surface area contributed by atoms with Gasteiger partial charge in [-0.15, -0.1) is 0 Å². The number of amides is 1. The molecule has 1 aliphatic rings. The quantitative estimate of drug-likeness (QED) is 0.677. The molecule has 4 rings (SSSR count). The van der Waals surface area contributed by atoms with E-state index in [1.807, 2.05) is 47.5 Å². The Hall–Kier alpha value is -2.34. The number of nitrogens with zero attached hydrogens (tertiary/aromatic N) is 2. The van der Waals surface area contributed by atoms with Gasteiger partial charge in [-0.1, -0.05) is 35.9 Å². The van der Waals surface area contributed by atoms with Crippen molar-refractivity contribution in [3.63, 3.8) is 0 Å². The van der Waals surface area contributed by atoms with Crippen LogP contribution in [0.1, 0.15) is 11.1 Å². The minimum Gasteiger partial charge on any atom is -0.361 e. The predicted molar refractivity (Wildman–Crippen MR) is 120 cm³/mol. The summed E-state index contributed by atoms with van der Waals surface area (Å²) in [5.41, 5.74) is 10.5. The number of anilines is 1. The van der Waals surface area contributed by atoms with Gasteiger partial charge in [-0.25, -0.2) is 0 Å². The molecule has 2 heterocycles. The zero-order chi connectivity index (χ0) is 20.5. The Kier molecular flexibility index (Phi) is 5.63. The molecule has 1 amide bonds. The molecule has 0 bridgehead atoms. The zero-order valence-corrected chi connectivity index (χ0v) is 17.6. The van der Waals surface area contributed by atoms with E-state index in [0.717, 1.165) is 40.7 Å². The number of carbonyl (C=O) groups is 1. The minimum absolute atomic E-state index is 0.0535. The van der Waals surface area contributed by atoms with E-state index in [1.54, 1.807) is 0 Å². The summed E-state index contributed by atoms with van der Waals surface area (Å²) in [6, 6.07) is 13.2. The minimum atomic E-state index is -0.612. The van der Waals surface area contributed by atoms with Gasteiger partial charge in [0.25, 0.3) is 0 Å². The first kappa shape index (κ1) is 20.0. The third kappa shape index (κ3) is 4.04. The molecule has 2 aromatic carbocycles. The number of H-pyrrole nitrogens is 1. The van der Waals surface area contributed by atoms with Crippen molar-refractivity contribution in [3.05, 3.63) is 64.8 Å². The number of benzene rings is 2. The Bertz CT molecular complexity index is 1030. The van der Waals surface area contributed by atoms with Gasteiger partial charge < -0.3 is 20.5 Å². The molecule has 1 aromatic heterocycles. The second-order valence-corrected chi connectivity index (χ2v) is 8.60. The molecule has 3 aromatic rings. The van der Waals surface area contributed by atoms with Gasteiger partial charge in [-0.05, 0) is 62.2 Å². The average molecular weight is 411 g/mol. The number of hydrogen-bond donors (Lipinski definition) is 2. The second kappa shape index (κ2) is 8.19. The number of nitrogens with one attached hydrogen (secondary N) is 1. The Morgan fingerprint density at radius 2 is 2.07 bits per heavy atom. The third-order valence-corrected chi connectivity index (χ3v) is 5.99. The molecule has 5 nitrogen and oxygen atoms in total. The largest absolute Gasteiger partial charge is 0.361 e. The smallest absolute Gasteiger partial charge is 0.244 e. The third-order valence-electron chi connectivity index (χ3n) is 5.64. The fourth-order valence-corrected chi connectivity index (χ4v) is 4.63. The van der Waals surface area contributed by atoms with E-state index in [2.05, 4.69) is 30.0 Å². The molecular formula is C23H27ClN4O. The predicted octanol–water partition coefficient (Wildman–Crippen LogP) is 3.46. The maximum atomic E-state index is 13.4. The van der Waals surface area contributed by atoms with Crippen molar-refractivity contribution in [1.82, 2.24) is 9.88 Å². The van der Waals surface area contributed by atoms with Gasteiger partial charge in [0.1, 0.15) is 0 Å². The van der Waals surface area contributed by atoms with Crippen LogP contribution in [0.4, 0.5) is 5.69 Å². The number of carbonyl (C=O) groups excluding carboxylic acids is 1. The maximum absolute atomic E-state index is 13.4. The number of hydrogen-bond acceptors (Lipinski definition) is 3. The van der Waals surface area contributed by atoms with Crippen molar-refractivity contribution >= 4 is 34.1 Å². The lowest BCUT2D eigenvalue weighted by molar-refractivity contribution is -0.120. The lowest BCUT2D eigenvalue weighted by Crippen LogP contribution is -2.50. The van der Waals surface area contributed by atoms with Crippen molar-refractivity contribution in [2.75, 3.05) is 32.1 Å². The van der Waals surface area contributed by atoms with E-state index in [1.165, 1.54) is 0 Å². The van der Waals surface area contributed by atoms with Gasteiger partial charge in [0, 0.05) is 40.9 Å². The summed E-state index contributed by atoms with van der Waals surface area (Å²) in [5.74, 6) is 0.267. The van der Waals surface area contributed by atoms with Gasteiger partial charge in [-0.2, -0.15) is 0 Å². The fraction of sp³-hybridized carbons (Fsp3) is 0.348. The van der Waals surface area contributed by atoms with E-state index in [9.17, 15) is 4.79 Å². The number of aromatic nitrogens is 1. The van der Waals surface area contributed by atoms with Crippen molar-refractivity contribution in [2.45, 2.75) is 18.9 Å². The van der Waals surface area contributed by atoms with E-state index in [0.29, 0.717) is 23.9 Å². The molecule has 0 fully saturated rings. The number of aromatic amines is 1. The van der Waals surface area contributed by atoms with Gasteiger partial charge in [0.2, 0.25) is 5.91 Å². The molecule has 0 aliphatic carbocycles. The highest BCUT2D eigenvalue weighted by Crippen LogP contribution is 2.35. The molecule has 0 radical (unpaired) electrons. The molecule has 3 N–H and O–H groups in total. The highest BCUT2D eigenvalue weighted by molar-refractivity contribution is 6.32. The summed E-state index contributed by atoms with van der Waals surface area (Å²) in [6.45, 7) is 1.55. The Morgan fingerprint density at radius 1 is 1.28 bits per heavy atom. The first-order valence-corrected chi connectivity index (χ1v) is 10.4. The monoisotopic (exact) mass is 410 g/mol. The molecule has 0 unspecified atom stereocenters. The number of nitrogens with two attached hydrogens (primary N) is 1. The molecule has 6 heteroatoms. The molecule has 2 atom stereocenters. The molecule has 152 valence electrons. The summed E-state index contributed by atoms with van der Waals surface area (Å²) in [6.07, 6.45) is 3.32. The van der Waals surface area contributed by atoms with Gasteiger partial charge >= 0.3 is 0 Å². The summed E-state index contributed by atoms with van der Waals surface area (Å²) < 4.78 is 0. The van der Waals surface area contributed by atoms with Gasteiger partial charge in [0.15, 0.2) is 0 Å². The van der Waals surface area contributed by atoms with Crippen LogP contribution in [0.15, 0.2) is 48.7 Å². The van der Waals surface area contributed by atoms with Crippen molar-refractivity contribution in [2.24, 2.45) is 11.7 Å². The van der Waals surface area contributed by atoms with Crippen LogP contribution in [0.2, 0.25) is 5.02 Å². The van der Waals surface area contributed by atoms with Crippen LogP contribution in [-0.2, 0) is 17.6 Å². The van der Waals surface area contributed by atoms with Crippen molar-refractivity contribution < 1.29 is 4.79 Å². The Labute approximate surface area is 176 Å². The highest BCUT2D eigenvalue weighted by Gasteiger charge is 2.32. The maximum Gasteiger partial charge on any atom is 0.244 e. The SMILES string of the molecule is CN(C)C[C@@H]1Cc2c(Cl)cccc2N(C(=O)[C@H](N)Cc2c[nH]c3ccccc23)C1. The molecule has 29 heavy (non-hydrogen) atoms. The average Bonchev–Trinajstić information content (AvgIpc) is 3.10. The number of fused-ring (bicyclic) bond motifs is 2. The lowest BCUT2D eigenvalue weighted by Gasteiger charge is -2.37. The van der Waals surface area contributed by atoms with Crippen LogP contribution in [0, 0.1) is 5.92 Å². The van der Waals surface area contributed by atoms with Crippen LogP contribution >= 0.6 is 11.6 Å². The summed E-state index contributed by atoms with van der Waals surface area (Å²) >= 11 is 6.49. The zero-order valence-electron chi connectivity index (χ0n) is 16.9. The summed E-state index contributed by atoms with van der Waals surface area (Å²) in [7, 11) is 4.11. The number of rotatable bonds is 5. The Balaban J connectivity index is 1.60. The highest BCUT2D eigenvalue weighted by atomic mass is 35.5. The van der Waals surface area contributed by atoms with Crippen LogP contribution in [0.25, 0.3) is 10.9 Å².